The Bertz CT molecular complexity index is 1140. The van der Waals surface area contributed by atoms with Gasteiger partial charge in [0.1, 0.15) is 11.7 Å². The predicted octanol–water partition coefficient (Wildman–Crippen LogP) is 3.97. The minimum Gasteiger partial charge on any atom is -0.458 e. The van der Waals surface area contributed by atoms with Crippen LogP contribution in [0.15, 0.2) is 23.8 Å². The summed E-state index contributed by atoms with van der Waals surface area (Å²) in [5.41, 5.74) is -7.03. The maximum absolute atomic E-state index is 17.8. The molecular formula is C27H32F4O7. The number of carbonyl (C=O) groups excluding carboxylic acids is 4. The van der Waals surface area contributed by atoms with E-state index in [0.717, 1.165) is 6.92 Å². The third kappa shape index (κ3) is 3.71. The number of hydrogen-bond acceptors (Lipinski definition) is 7. The van der Waals surface area contributed by atoms with Crippen molar-refractivity contribution >= 4 is 23.5 Å². The molecule has 4 rings (SSSR count). The fourth-order valence-corrected chi connectivity index (χ4v) is 8.05. The van der Waals surface area contributed by atoms with E-state index in [9.17, 15) is 37.5 Å². The molecule has 0 amide bonds. The third-order valence-electron chi connectivity index (χ3n) is 9.89. The zero-order chi connectivity index (χ0) is 28.6. The van der Waals surface area contributed by atoms with Gasteiger partial charge in [0, 0.05) is 30.1 Å². The van der Waals surface area contributed by atoms with Crippen molar-refractivity contribution in [2.24, 2.45) is 28.6 Å². The average Bonchev–Trinajstić information content (AvgIpc) is 3.01. The van der Waals surface area contributed by atoms with E-state index in [4.69, 9.17) is 9.47 Å². The molecule has 38 heavy (non-hydrogen) atoms. The van der Waals surface area contributed by atoms with Crippen molar-refractivity contribution < 1.29 is 51.3 Å². The number of esters is 2. The Hall–Kier alpha value is -2.56. The number of fused-ring (bicyclic) bond motifs is 5. The van der Waals surface area contributed by atoms with Gasteiger partial charge in [-0.2, -0.15) is 13.2 Å². The molecule has 3 saturated carbocycles. The number of halogens is 4. The molecule has 0 saturated heterocycles. The Morgan fingerprint density at radius 2 is 1.84 bits per heavy atom. The number of aliphatic hydroxyl groups is 1. The summed E-state index contributed by atoms with van der Waals surface area (Å²) in [6.07, 6.45) is -6.70. The van der Waals surface area contributed by atoms with Crippen molar-refractivity contribution in [2.45, 2.75) is 83.3 Å². The molecule has 0 heterocycles. The van der Waals surface area contributed by atoms with E-state index < -0.39 is 82.9 Å². The van der Waals surface area contributed by atoms with Crippen LogP contribution in [0.25, 0.3) is 0 Å². The molecule has 3 fully saturated rings. The lowest BCUT2D eigenvalue weighted by Gasteiger charge is -2.64. The Labute approximate surface area is 217 Å². The monoisotopic (exact) mass is 544 g/mol. The van der Waals surface area contributed by atoms with Crippen LogP contribution in [0.1, 0.15) is 59.8 Å². The van der Waals surface area contributed by atoms with Crippen LogP contribution in [-0.4, -0.2) is 58.8 Å². The molecule has 1 N–H and O–H groups in total. The summed E-state index contributed by atoms with van der Waals surface area (Å²) >= 11 is 0. The number of rotatable bonds is 4. The summed E-state index contributed by atoms with van der Waals surface area (Å²) in [4.78, 5) is 48.9. The molecule has 0 bridgehead atoms. The normalized spacial score (nSPS) is 42.4. The number of Topliss-reactive ketones (excluding diaryl/α,β-unsaturated/α-hetero) is 1. The number of carbonyl (C=O) groups is 4. The summed E-state index contributed by atoms with van der Waals surface area (Å²) in [6.45, 7) is 8.93. The second-order valence-corrected chi connectivity index (χ2v) is 11.8. The van der Waals surface area contributed by atoms with Crippen molar-refractivity contribution in [3.05, 3.63) is 23.8 Å². The van der Waals surface area contributed by atoms with Gasteiger partial charge in [0.2, 0.25) is 5.78 Å². The number of ether oxygens (including phenoxy) is 2. The van der Waals surface area contributed by atoms with Gasteiger partial charge in [0.25, 0.3) is 0 Å². The summed E-state index contributed by atoms with van der Waals surface area (Å²) in [6, 6.07) is 0. The second-order valence-electron chi connectivity index (χ2n) is 11.8. The van der Waals surface area contributed by atoms with Gasteiger partial charge < -0.3 is 14.6 Å². The maximum Gasteiger partial charge on any atom is 0.490 e. The van der Waals surface area contributed by atoms with Gasteiger partial charge in [-0.15, -0.1) is 0 Å². The highest BCUT2D eigenvalue weighted by molar-refractivity contribution is 5.93. The Balaban J connectivity index is 1.88. The maximum atomic E-state index is 17.8. The van der Waals surface area contributed by atoms with Crippen LogP contribution >= 0.6 is 0 Å². The first kappa shape index (κ1) is 28.4. The third-order valence-corrected chi connectivity index (χ3v) is 9.89. The zero-order valence-electron chi connectivity index (χ0n) is 21.7. The lowest BCUT2D eigenvalue weighted by Crippen LogP contribution is -2.71. The fourth-order valence-electron chi connectivity index (χ4n) is 8.05. The van der Waals surface area contributed by atoms with Crippen LogP contribution in [0, 0.1) is 28.6 Å². The van der Waals surface area contributed by atoms with Crippen LogP contribution in [0.3, 0.4) is 0 Å². The van der Waals surface area contributed by atoms with Crippen LogP contribution in [0.5, 0.6) is 0 Å². The highest BCUT2D eigenvalue weighted by Crippen LogP contribution is 2.72. The zero-order valence-corrected chi connectivity index (χ0v) is 21.7. The molecule has 7 nitrogen and oxygen atoms in total. The Morgan fingerprint density at radius 3 is 2.42 bits per heavy atom. The highest BCUT2D eigenvalue weighted by atomic mass is 19.4. The molecule has 0 radical (unpaired) electrons. The summed E-state index contributed by atoms with van der Waals surface area (Å²) < 4.78 is 67.6. The summed E-state index contributed by atoms with van der Waals surface area (Å²) in [5, 5.41) is 11.9. The van der Waals surface area contributed by atoms with Gasteiger partial charge >= 0.3 is 18.1 Å². The van der Waals surface area contributed by atoms with Gasteiger partial charge in [-0.25, -0.2) is 9.18 Å². The SMILES string of the molecule is C=C1C[C@H]2[C@@H]3C[C@@H](C)[C@](O)(C(=O)COC(C)=O)[C@@]3(C)C[C@H](OC(=O)C(F)(F)F)[C@]2(F)[C@@]2(C)CCC(=O)C=C12. The molecule has 0 aromatic heterocycles. The predicted molar refractivity (Wildman–Crippen MR) is 124 cm³/mol. The number of hydrogen-bond donors (Lipinski definition) is 1. The van der Waals surface area contributed by atoms with Crippen LogP contribution in [0.2, 0.25) is 0 Å². The minimum absolute atomic E-state index is 0.0294. The van der Waals surface area contributed by atoms with E-state index in [1.165, 1.54) is 19.9 Å². The van der Waals surface area contributed by atoms with Crippen LogP contribution in [0.4, 0.5) is 17.6 Å². The quantitative estimate of drug-likeness (QED) is 0.422. The molecule has 210 valence electrons. The van der Waals surface area contributed by atoms with Crippen molar-refractivity contribution in [1.29, 1.82) is 0 Å². The molecule has 11 heteroatoms. The second kappa shape index (κ2) is 8.72. The lowest BCUT2D eigenvalue weighted by molar-refractivity contribution is -0.252. The topological polar surface area (TPSA) is 107 Å². The summed E-state index contributed by atoms with van der Waals surface area (Å²) in [5.74, 6) is -7.03. The molecule has 4 aliphatic carbocycles. The Morgan fingerprint density at radius 1 is 1.21 bits per heavy atom. The first-order valence-electron chi connectivity index (χ1n) is 12.6. The minimum atomic E-state index is -5.41. The van der Waals surface area contributed by atoms with E-state index in [0.29, 0.717) is 5.57 Å². The van der Waals surface area contributed by atoms with Crippen molar-refractivity contribution in [3.8, 4) is 0 Å². The van der Waals surface area contributed by atoms with Crippen molar-refractivity contribution in [3.63, 3.8) is 0 Å². The van der Waals surface area contributed by atoms with E-state index in [-0.39, 0.29) is 37.0 Å². The van der Waals surface area contributed by atoms with E-state index in [1.807, 2.05) is 0 Å². The fraction of sp³-hybridized carbons (Fsp3) is 0.704. The first-order chi connectivity index (χ1) is 17.3. The molecule has 0 aromatic carbocycles. The average molecular weight is 545 g/mol. The molecular weight excluding hydrogens is 512 g/mol. The molecule has 0 unspecified atom stereocenters. The number of alkyl halides is 4. The Kier molecular flexibility index (Phi) is 6.53. The van der Waals surface area contributed by atoms with Crippen molar-refractivity contribution in [1.82, 2.24) is 0 Å². The molecule has 0 aromatic rings. The van der Waals surface area contributed by atoms with Gasteiger partial charge in [-0.1, -0.05) is 32.9 Å². The van der Waals surface area contributed by atoms with Crippen LogP contribution < -0.4 is 0 Å². The van der Waals surface area contributed by atoms with E-state index in [2.05, 4.69) is 6.58 Å². The van der Waals surface area contributed by atoms with Gasteiger partial charge in [-0.05, 0) is 49.2 Å². The highest BCUT2D eigenvalue weighted by Gasteiger charge is 2.77. The smallest absolute Gasteiger partial charge is 0.458 e. The summed E-state index contributed by atoms with van der Waals surface area (Å²) in [7, 11) is 0. The van der Waals surface area contributed by atoms with Gasteiger partial charge in [0.15, 0.2) is 18.1 Å². The number of allylic oxidation sites excluding steroid dienone is 2. The van der Waals surface area contributed by atoms with Gasteiger partial charge in [-0.3, -0.25) is 14.4 Å². The first-order valence-corrected chi connectivity index (χ1v) is 12.6. The van der Waals surface area contributed by atoms with E-state index >= 15 is 4.39 Å². The molecule has 0 aliphatic heterocycles. The van der Waals surface area contributed by atoms with Crippen molar-refractivity contribution in [2.75, 3.05) is 6.61 Å². The van der Waals surface area contributed by atoms with Gasteiger partial charge in [0.05, 0.1) is 0 Å². The molecule has 0 spiro atoms. The largest absolute Gasteiger partial charge is 0.490 e. The van der Waals surface area contributed by atoms with E-state index in [1.54, 1.807) is 6.92 Å². The molecule has 4 aliphatic rings. The number of ketones is 2. The molecule has 8 atom stereocenters. The standard InChI is InChI=1S/C27H32F4O7/c1-13-8-19-18-9-14(2)26(36,20(34)12-37-15(3)32)24(18,5)11-21(38-22(35)27(29,30)31)25(19,28)23(4)7-6-16(33)10-17(13)23/h10,14,18-19,21,36H,1,6-9,11-12H2,2-5H3/t14-,18+,19+,21+,23+,24+,25+,26+/m1/s1. The van der Waals surface area contributed by atoms with Crippen LogP contribution in [-0.2, 0) is 28.7 Å². The lowest BCUT2D eigenvalue weighted by atomic mass is 9.43.